The van der Waals surface area contributed by atoms with Gasteiger partial charge < -0.3 is 20.1 Å². The molecule has 1 atom stereocenters. The number of halogens is 1. The van der Waals surface area contributed by atoms with E-state index in [9.17, 15) is 14.0 Å². The predicted molar refractivity (Wildman–Crippen MR) is 112 cm³/mol. The Morgan fingerprint density at radius 1 is 1.16 bits per heavy atom. The van der Waals surface area contributed by atoms with Crippen molar-refractivity contribution in [3.05, 3.63) is 60.0 Å². The van der Waals surface area contributed by atoms with Crippen LogP contribution in [0.25, 0.3) is 11.1 Å². The van der Waals surface area contributed by atoms with Gasteiger partial charge in [-0.15, -0.1) is 0 Å². The lowest BCUT2D eigenvalue weighted by Gasteiger charge is -2.10. The number of carbonyl (C=O) groups is 2. The molecular formula is C22H21FN4O4. The summed E-state index contributed by atoms with van der Waals surface area (Å²) in [5.41, 5.74) is 2.67. The average molecular weight is 424 g/mol. The second-order valence-corrected chi connectivity index (χ2v) is 7.04. The standard InChI is InChI=1S/C22H21FN4O4/c1-30-12-17-20(13-3-9-16(31-2)10-4-13)21-25-22(29)18(27(21)26-17)11-19(28)24-15-7-5-14(23)6-8-15/h3-10,18H,11-12H2,1-2H3,(H,24,28)(H,25,29). The minimum absolute atomic E-state index is 0.119. The van der Waals surface area contributed by atoms with Crippen molar-refractivity contribution in [2.75, 3.05) is 24.9 Å². The van der Waals surface area contributed by atoms with Gasteiger partial charge in [-0.3, -0.25) is 9.59 Å². The van der Waals surface area contributed by atoms with Crippen molar-refractivity contribution >= 4 is 23.3 Å². The normalized spacial score (nSPS) is 14.8. The van der Waals surface area contributed by atoms with Gasteiger partial charge in [-0.05, 0) is 42.0 Å². The van der Waals surface area contributed by atoms with Gasteiger partial charge in [0.1, 0.15) is 23.4 Å². The van der Waals surface area contributed by atoms with E-state index in [1.54, 1.807) is 14.2 Å². The molecule has 0 bridgehead atoms. The molecule has 1 aromatic heterocycles. The zero-order valence-electron chi connectivity index (χ0n) is 17.0. The van der Waals surface area contributed by atoms with Crippen molar-refractivity contribution in [2.45, 2.75) is 19.1 Å². The Hall–Kier alpha value is -3.72. The van der Waals surface area contributed by atoms with Crippen molar-refractivity contribution in [3.8, 4) is 16.9 Å². The van der Waals surface area contributed by atoms with E-state index in [0.717, 1.165) is 11.1 Å². The van der Waals surface area contributed by atoms with Crippen LogP contribution >= 0.6 is 0 Å². The van der Waals surface area contributed by atoms with Gasteiger partial charge in [-0.25, -0.2) is 9.07 Å². The summed E-state index contributed by atoms with van der Waals surface area (Å²) < 4.78 is 25.1. The largest absolute Gasteiger partial charge is 0.497 e. The molecule has 0 spiro atoms. The number of nitrogens with one attached hydrogen (secondary N) is 2. The van der Waals surface area contributed by atoms with Crippen LogP contribution in [0, 0.1) is 5.82 Å². The van der Waals surface area contributed by atoms with Crippen molar-refractivity contribution in [2.24, 2.45) is 0 Å². The highest BCUT2D eigenvalue weighted by Crippen LogP contribution is 2.39. The highest BCUT2D eigenvalue weighted by atomic mass is 19.1. The average Bonchev–Trinajstić information content (AvgIpc) is 3.25. The zero-order valence-corrected chi connectivity index (χ0v) is 17.0. The molecule has 1 unspecified atom stereocenters. The van der Waals surface area contributed by atoms with Crippen molar-refractivity contribution < 1.29 is 23.5 Å². The number of rotatable bonds is 7. The van der Waals surface area contributed by atoms with Crippen LogP contribution in [0.3, 0.4) is 0 Å². The molecule has 9 heteroatoms. The highest BCUT2D eigenvalue weighted by Gasteiger charge is 2.37. The quantitative estimate of drug-likeness (QED) is 0.607. The van der Waals surface area contributed by atoms with Gasteiger partial charge >= 0.3 is 0 Å². The second-order valence-electron chi connectivity index (χ2n) is 7.04. The Labute approximate surface area is 178 Å². The number of hydrogen-bond donors (Lipinski definition) is 2. The number of amides is 2. The Morgan fingerprint density at radius 2 is 1.87 bits per heavy atom. The minimum Gasteiger partial charge on any atom is -0.497 e. The van der Waals surface area contributed by atoms with E-state index in [1.807, 2.05) is 24.3 Å². The summed E-state index contributed by atoms with van der Waals surface area (Å²) in [5, 5.41) is 10.1. The fourth-order valence-electron chi connectivity index (χ4n) is 3.54. The van der Waals surface area contributed by atoms with Gasteiger partial charge in [-0.1, -0.05) is 12.1 Å². The van der Waals surface area contributed by atoms with Gasteiger partial charge in [0.25, 0.3) is 5.91 Å². The Kier molecular flexibility index (Phi) is 5.68. The number of hydrogen-bond acceptors (Lipinski definition) is 5. The van der Waals surface area contributed by atoms with Gasteiger partial charge in [0, 0.05) is 18.4 Å². The van der Waals surface area contributed by atoms with E-state index in [2.05, 4.69) is 15.7 Å². The molecule has 2 N–H and O–H groups in total. The van der Waals surface area contributed by atoms with E-state index in [-0.39, 0.29) is 24.8 Å². The number of aromatic nitrogens is 2. The summed E-state index contributed by atoms with van der Waals surface area (Å²) >= 11 is 0. The number of carbonyl (C=O) groups excluding carboxylic acids is 2. The first-order valence-electron chi connectivity index (χ1n) is 9.61. The van der Waals surface area contributed by atoms with Crippen LogP contribution in [-0.4, -0.2) is 35.8 Å². The summed E-state index contributed by atoms with van der Waals surface area (Å²) in [6.45, 7) is 0.242. The third-order valence-electron chi connectivity index (χ3n) is 4.99. The van der Waals surface area contributed by atoms with Crippen LogP contribution in [0.2, 0.25) is 0 Å². The van der Waals surface area contributed by atoms with Crippen LogP contribution in [-0.2, 0) is 20.9 Å². The number of methoxy groups -OCH3 is 2. The van der Waals surface area contributed by atoms with Crippen LogP contribution < -0.4 is 15.4 Å². The molecule has 1 aliphatic rings. The van der Waals surface area contributed by atoms with Crippen LogP contribution in [0.4, 0.5) is 15.9 Å². The van der Waals surface area contributed by atoms with Crippen molar-refractivity contribution in [3.63, 3.8) is 0 Å². The predicted octanol–water partition coefficient (Wildman–Crippen LogP) is 3.37. The molecule has 4 rings (SSSR count). The lowest BCUT2D eigenvalue weighted by molar-refractivity contribution is -0.123. The maximum absolute atomic E-state index is 13.1. The Bertz CT molecular complexity index is 1110. The molecule has 160 valence electrons. The van der Waals surface area contributed by atoms with Crippen LogP contribution in [0.15, 0.2) is 48.5 Å². The summed E-state index contributed by atoms with van der Waals surface area (Å²) in [6.07, 6.45) is -0.119. The van der Waals surface area contributed by atoms with Crippen molar-refractivity contribution in [1.29, 1.82) is 0 Å². The lowest BCUT2D eigenvalue weighted by atomic mass is 10.1. The van der Waals surface area contributed by atoms with E-state index < -0.39 is 11.9 Å². The van der Waals surface area contributed by atoms with E-state index in [0.29, 0.717) is 22.9 Å². The summed E-state index contributed by atoms with van der Waals surface area (Å²) in [4.78, 5) is 25.1. The van der Waals surface area contributed by atoms with Crippen LogP contribution in [0.1, 0.15) is 18.2 Å². The number of anilines is 2. The number of ether oxygens (including phenoxy) is 2. The Balaban J connectivity index is 1.61. The minimum atomic E-state index is -0.807. The second kappa shape index (κ2) is 8.57. The van der Waals surface area contributed by atoms with Crippen LogP contribution in [0.5, 0.6) is 5.75 Å². The van der Waals surface area contributed by atoms with E-state index in [4.69, 9.17) is 9.47 Å². The first-order valence-corrected chi connectivity index (χ1v) is 9.61. The molecule has 0 saturated carbocycles. The smallest absolute Gasteiger partial charge is 0.251 e. The van der Waals surface area contributed by atoms with Gasteiger partial charge in [0.2, 0.25) is 5.91 Å². The van der Waals surface area contributed by atoms with Crippen molar-refractivity contribution in [1.82, 2.24) is 9.78 Å². The van der Waals surface area contributed by atoms with Gasteiger partial charge in [0.05, 0.1) is 25.8 Å². The molecule has 0 saturated heterocycles. The molecule has 8 nitrogen and oxygen atoms in total. The monoisotopic (exact) mass is 424 g/mol. The molecule has 2 aromatic carbocycles. The summed E-state index contributed by atoms with van der Waals surface area (Å²) in [6, 6.07) is 12.0. The third-order valence-corrected chi connectivity index (χ3v) is 4.99. The van der Waals surface area contributed by atoms with Gasteiger partial charge in [-0.2, -0.15) is 5.10 Å². The molecule has 2 amide bonds. The fourth-order valence-corrected chi connectivity index (χ4v) is 3.54. The molecule has 31 heavy (non-hydrogen) atoms. The summed E-state index contributed by atoms with van der Waals surface area (Å²) in [5.74, 6) is 0.123. The molecule has 0 fully saturated rings. The fraction of sp³-hybridized carbons (Fsp3) is 0.227. The Morgan fingerprint density at radius 3 is 2.52 bits per heavy atom. The molecule has 3 aromatic rings. The molecule has 1 aliphatic heterocycles. The molecule has 0 radical (unpaired) electrons. The number of benzene rings is 2. The first kappa shape index (κ1) is 20.5. The number of fused-ring (bicyclic) bond motifs is 1. The highest BCUT2D eigenvalue weighted by molar-refractivity contribution is 6.04. The maximum atomic E-state index is 13.1. The first-order chi connectivity index (χ1) is 15.0. The third kappa shape index (κ3) is 4.13. The maximum Gasteiger partial charge on any atom is 0.251 e. The summed E-state index contributed by atoms with van der Waals surface area (Å²) in [7, 11) is 3.15. The van der Waals surface area contributed by atoms with Gasteiger partial charge in [0.15, 0.2) is 0 Å². The number of nitrogens with zero attached hydrogens (tertiary/aromatic N) is 2. The molecule has 2 heterocycles. The van der Waals surface area contributed by atoms with E-state index in [1.165, 1.54) is 28.9 Å². The van der Waals surface area contributed by atoms with E-state index >= 15 is 0 Å². The molecular weight excluding hydrogens is 403 g/mol. The SMILES string of the molecule is COCc1nn2c(c1-c1ccc(OC)cc1)NC(=O)C2CC(=O)Nc1ccc(F)cc1. The topological polar surface area (TPSA) is 94.5 Å². The molecule has 0 aliphatic carbocycles. The lowest BCUT2D eigenvalue weighted by Crippen LogP contribution is -2.24. The zero-order chi connectivity index (χ0) is 22.0.